The molecule has 2 aliphatic heterocycles. The van der Waals surface area contributed by atoms with Crippen LogP contribution in [0.1, 0.15) is 38.3 Å². The number of benzene rings is 1. The molecule has 2 heterocycles. The number of nitrogens with one attached hydrogen (secondary N) is 1. The molecule has 0 spiro atoms. The molecule has 0 aromatic heterocycles. The van der Waals surface area contributed by atoms with Crippen LogP contribution in [0.15, 0.2) is 24.3 Å². The van der Waals surface area contributed by atoms with Crippen molar-refractivity contribution in [2.45, 2.75) is 32.7 Å². The molecule has 0 aliphatic carbocycles. The van der Waals surface area contributed by atoms with Crippen molar-refractivity contribution >= 4 is 12.4 Å². The van der Waals surface area contributed by atoms with Crippen molar-refractivity contribution < 1.29 is 4.39 Å². The molecule has 2 fully saturated rings. The average molecular weight is 313 g/mol. The van der Waals surface area contributed by atoms with Crippen LogP contribution in [0, 0.1) is 17.2 Å². The Morgan fingerprint density at radius 1 is 1.38 bits per heavy atom. The van der Waals surface area contributed by atoms with Gasteiger partial charge < -0.3 is 5.32 Å². The lowest BCUT2D eigenvalue weighted by molar-refractivity contribution is 0.161. The van der Waals surface area contributed by atoms with E-state index in [0.717, 1.165) is 38.2 Å². The minimum Gasteiger partial charge on any atom is -0.316 e. The van der Waals surface area contributed by atoms with Gasteiger partial charge in [-0.15, -0.1) is 12.4 Å². The van der Waals surface area contributed by atoms with Crippen LogP contribution < -0.4 is 5.32 Å². The third-order valence-electron chi connectivity index (χ3n) is 4.92. The van der Waals surface area contributed by atoms with Crippen molar-refractivity contribution in [2.24, 2.45) is 11.3 Å². The lowest BCUT2D eigenvalue weighted by Crippen LogP contribution is -2.37. The van der Waals surface area contributed by atoms with E-state index < -0.39 is 0 Å². The van der Waals surface area contributed by atoms with E-state index in [2.05, 4.69) is 24.1 Å². The van der Waals surface area contributed by atoms with Gasteiger partial charge in [-0.2, -0.15) is 0 Å². The van der Waals surface area contributed by atoms with Gasteiger partial charge in [0.25, 0.3) is 0 Å². The molecule has 1 aromatic rings. The number of nitrogens with zero attached hydrogens (tertiary/aromatic N) is 1. The summed E-state index contributed by atoms with van der Waals surface area (Å²) in [5, 5.41) is 3.46. The van der Waals surface area contributed by atoms with Gasteiger partial charge in [-0.1, -0.05) is 32.0 Å². The maximum atomic E-state index is 14.1. The predicted molar refractivity (Wildman–Crippen MR) is 87.3 cm³/mol. The van der Waals surface area contributed by atoms with E-state index in [1.807, 2.05) is 12.1 Å². The summed E-state index contributed by atoms with van der Waals surface area (Å²) in [6.45, 7) is 9.00. The Balaban J connectivity index is 0.00000161. The highest BCUT2D eigenvalue weighted by Gasteiger charge is 2.38. The lowest BCUT2D eigenvalue weighted by atomic mass is 9.88. The highest BCUT2D eigenvalue weighted by atomic mass is 35.5. The Labute approximate surface area is 133 Å². The largest absolute Gasteiger partial charge is 0.316 e. The zero-order valence-corrected chi connectivity index (χ0v) is 13.8. The fraction of sp³-hybridized carbons (Fsp3) is 0.647. The molecule has 1 N–H and O–H groups in total. The van der Waals surface area contributed by atoms with Gasteiger partial charge in [0.15, 0.2) is 0 Å². The molecule has 118 valence electrons. The molecular formula is C17H26ClFN2. The summed E-state index contributed by atoms with van der Waals surface area (Å²) in [5.74, 6) is 0.601. The molecule has 21 heavy (non-hydrogen) atoms. The van der Waals surface area contributed by atoms with Crippen LogP contribution >= 0.6 is 12.4 Å². The summed E-state index contributed by atoms with van der Waals surface area (Å²) in [6.07, 6.45) is 2.30. The van der Waals surface area contributed by atoms with E-state index in [4.69, 9.17) is 0 Å². The molecule has 2 nitrogen and oxygen atoms in total. The number of hydrogen-bond donors (Lipinski definition) is 1. The second-order valence-electron chi connectivity index (χ2n) is 7.05. The van der Waals surface area contributed by atoms with Crippen LogP contribution in [0.5, 0.6) is 0 Å². The van der Waals surface area contributed by atoms with Crippen LogP contribution in [0.3, 0.4) is 0 Å². The van der Waals surface area contributed by atoms with Gasteiger partial charge >= 0.3 is 0 Å². The number of likely N-dealkylation sites (tertiary alicyclic amines) is 1. The quantitative estimate of drug-likeness (QED) is 0.917. The summed E-state index contributed by atoms with van der Waals surface area (Å²) in [5.41, 5.74) is 1.22. The second kappa shape index (κ2) is 6.64. The first kappa shape index (κ1) is 16.7. The van der Waals surface area contributed by atoms with E-state index in [-0.39, 0.29) is 24.3 Å². The third-order valence-corrected chi connectivity index (χ3v) is 4.92. The predicted octanol–water partition coefficient (Wildman–Crippen LogP) is 3.63. The summed E-state index contributed by atoms with van der Waals surface area (Å²) in [6, 6.07) is 7.54. The van der Waals surface area contributed by atoms with Crippen LogP contribution in [-0.2, 0) is 0 Å². The van der Waals surface area contributed by atoms with Crippen LogP contribution in [0.4, 0.5) is 4.39 Å². The van der Waals surface area contributed by atoms with Gasteiger partial charge in [0.2, 0.25) is 0 Å². The molecule has 1 aromatic carbocycles. The van der Waals surface area contributed by atoms with Gasteiger partial charge in [0.1, 0.15) is 5.82 Å². The Kier molecular flexibility index (Phi) is 5.29. The Morgan fingerprint density at radius 3 is 2.81 bits per heavy atom. The molecule has 0 radical (unpaired) electrons. The van der Waals surface area contributed by atoms with Gasteiger partial charge in [0, 0.05) is 31.2 Å². The van der Waals surface area contributed by atoms with Crippen LogP contribution in [0.25, 0.3) is 0 Å². The molecule has 3 atom stereocenters. The van der Waals surface area contributed by atoms with Gasteiger partial charge in [-0.25, -0.2) is 4.39 Å². The zero-order chi connectivity index (χ0) is 14.2. The molecule has 0 amide bonds. The zero-order valence-electron chi connectivity index (χ0n) is 12.9. The van der Waals surface area contributed by atoms with Crippen molar-refractivity contribution in [2.75, 3.05) is 26.2 Å². The lowest BCUT2D eigenvalue weighted by Gasteiger charge is -2.33. The summed E-state index contributed by atoms with van der Waals surface area (Å²) < 4.78 is 14.1. The molecule has 0 bridgehead atoms. The van der Waals surface area contributed by atoms with Crippen molar-refractivity contribution in [3.05, 3.63) is 35.6 Å². The number of rotatable bonds is 3. The molecular weight excluding hydrogens is 287 g/mol. The first-order chi connectivity index (χ1) is 9.57. The van der Waals surface area contributed by atoms with Crippen molar-refractivity contribution in [3.63, 3.8) is 0 Å². The smallest absolute Gasteiger partial charge is 0.127 e. The molecule has 3 rings (SSSR count). The number of hydrogen-bond acceptors (Lipinski definition) is 2. The minimum absolute atomic E-state index is 0. The highest BCUT2D eigenvalue weighted by molar-refractivity contribution is 5.85. The summed E-state index contributed by atoms with van der Waals surface area (Å²) >= 11 is 0. The first-order valence-corrected chi connectivity index (χ1v) is 7.77. The van der Waals surface area contributed by atoms with Crippen LogP contribution in [0.2, 0.25) is 0 Å². The number of halogens is 2. The molecule has 2 aliphatic rings. The molecule has 4 heteroatoms. The van der Waals surface area contributed by atoms with Crippen molar-refractivity contribution in [1.29, 1.82) is 0 Å². The molecule has 2 saturated heterocycles. The minimum atomic E-state index is -0.0497. The van der Waals surface area contributed by atoms with Crippen LogP contribution in [-0.4, -0.2) is 31.1 Å². The van der Waals surface area contributed by atoms with Crippen molar-refractivity contribution in [3.8, 4) is 0 Å². The van der Waals surface area contributed by atoms with Crippen molar-refractivity contribution in [1.82, 2.24) is 10.2 Å². The average Bonchev–Trinajstić information content (AvgIpc) is 2.97. The molecule has 0 saturated carbocycles. The monoisotopic (exact) mass is 312 g/mol. The van der Waals surface area contributed by atoms with E-state index in [1.54, 1.807) is 12.1 Å². The normalized spacial score (nSPS) is 33.1. The Hall–Kier alpha value is -0.640. The van der Waals surface area contributed by atoms with Gasteiger partial charge in [0.05, 0.1) is 0 Å². The maximum Gasteiger partial charge on any atom is 0.127 e. The van der Waals surface area contributed by atoms with E-state index in [1.165, 1.54) is 6.42 Å². The topological polar surface area (TPSA) is 15.3 Å². The Morgan fingerprint density at radius 2 is 2.14 bits per heavy atom. The van der Waals surface area contributed by atoms with E-state index >= 15 is 0 Å². The maximum absolute atomic E-state index is 14.1. The van der Waals surface area contributed by atoms with Gasteiger partial charge in [-0.05, 0) is 36.8 Å². The highest BCUT2D eigenvalue weighted by Crippen LogP contribution is 2.39. The van der Waals surface area contributed by atoms with E-state index in [9.17, 15) is 4.39 Å². The Bertz CT molecular complexity index is 474. The van der Waals surface area contributed by atoms with E-state index in [0.29, 0.717) is 11.3 Å². The molecule has 3 unspecified atom stereocenters. The summed E-state index contributed by atoms with van der Waals surface area (Å²) in [7, 11) is 0. The first-order valence-electron chi connectivity index (χ1n) is 7.77. The third kappa shape index (κ3) is 3.58. The summed E-state index contributed by atoms with van der Waals surface area (Å²) in [4.78, 5) is 2.51. The second-order valence-corrected chi connectivity index (χ2v) is 7.05. The SMILES string of the molecule is CC1CC(c2ccccc2F)N(CC2(C)CCNC2)C1.Cl. The fourth-order valence-electron chi connectivity index (χ4n) is 3.87. The standard InChI is InChI=1S/C17H25FN2.ClH/c1-13-9-16(14-5-3-4-6-15(14)18)20(10-13)12-17(2)7-8-19-11-17;/h3-6,13,16,19H,7-12H2,1-2H3;1H. The fourth-order valence-corrected chi connectivity index (χ4v) is 3.87. The van der Waals surface area contributed by atoms with Gasteiger partial charge in [-0.3, -0.25) is 4.90 Å².